The lowest BCUT2D eigenvalue weighted by Crippen LogP contribution is -2.39. The van der Waals surface area contributed by atoms with Crippen molar-refractivity contribution >= 4 is 29.9 Å². The van der Waals surface area contributed by atoms with Crippen LogP contribution in [0.1, 0.15) is 24.0 Å². The van der Waals surface area contributed by atoms with Crippen molar-refractivity contribution in [2.45, 2.75) is 19.4 Å². The molecule has 1 heterocycles. The molecule has 0 bridgehead atoms. The normalized spacial score (nSPS) is 11.8. The third kappa shape index (κ3) is 8.54. The predicted octanol–water partition coefficient (Wildman–Crippen LogP) is 4.33. The number of ether oxygens (including phenoxy) is 2. The number of pyridine rings is 1. The van der Waals surface area contributed by atoms with Gasteiger partial charge in [-0.25, -0.2) is 9.98 Å². The minimum Gasteiger partial charge on any atom is -0.497 e. The standard InChI is InChI=1S/C25H30N4O3.HI/c1-3-26-25(29-17-21(18-30)20-7-5-4-6-8-20)28-16-19-9-14-24(27-15-19)32-23-12-10-22(31-2)11-13-23;/h4-15,21,30H,3,16-18H2,1-2H3,(H2,26,28,29);1H. The molecule has 1 aromatic heterocycles. The molecule has 0 aliphatic rings. The van der Waals surface area contributed by atoms with Crippen LogP contribution >= 0.6 is 24.0 Å². The SMILES string of the molecule is CCNC(=NCc1ccc(Oc2ccc(OC)cc2)nc1)NCC(CO)c1ccccc1.I. The molecule has 0 saturated carbocycles. The number of benzene rings is 2. The van der Waals surface area contributed by atoms with Crippen molar-refractivity contribution in [2.75, 3.05) is 26.8 Å². The maximum absolute atomic E-state index is 9.76. The summed E-state index contributed by atoms with van der Waals surface area (Å²) >= 11 is 0. The van der Waals surface area contributed by atoms with E-state index in [1.807, 2.05) is 73.7 Å². The Bertz CT molecular complexity index is 967. The van der Waals surface area contributed by atoms with E-state index in [4.69, 9.17) is 9.47 Å². The number of rotatable bonds is 10. The van der Waals surface area contributed by atoms with Gasteiger partial charge >= 0.3 is 0 Å². The van der Waals surface area contributed by atoms with Crippen LogP contribution in [0.15, 0.2) is 77.9 Å². The zero-order valence-electron chi connectivity index (χ0n) is 18.9. The maximum Gasteiger partial charge on any atom is 0.219 e. The van der Waals surface area contributed by atoms with Gasteiger partial charge in [-0.15, -0.1) is 24.0 Å². The van der Waals surface area contributed by atoms with Gasteiger partial charge in [-0.2, -0.15) is 0 Å². The van der Waals surface area contributed by atoms with Crippen molar-refractivity contribution in [2.24, 2.45) is 4.99 Å². The highest BCUT2D eigenvalue weighted by molar-refractivity contribution is 14.0. The van der Waals surface area contributed by atoms with Gasteiger partial charge in [0.05, 0.1) is 20.3 Å². The lowest BCUT2D eigenvalue weighted by Gasteiger charge is -2.18. The van der Waals surface area contributed by atoms with E-state index < -0.39 is 0 Å². The van der Waals surface area contributed by atoms with Crippen LogP contribution in [0.3, 0.4) is 0 Å². The van der Waals surface area contributed by atoms with Gasteiger partial charge < -0.3 is 25.2 Å². The average molecular weight is 562 g/mol. The van der Waals surface area contributed by atoms with E-state index in [2.05, 4.69) is 20.6 Å². The minimum atomic E-state index is -0.00360. The number of nitrogens with one attached hydrogen (secondary N) is 2. The molecule has 0 spiro atoms. The lowest BCUT2D eigenvalue weighted by molar-refractivity contribution is 0.265. The van der Waals surface area contributed by atoms with E-state index >= 15 is 0 Å². The van der Waals surface area contributed by atoms with Crippen molar-refractivity contribution in [3.8, 4) is 17.4 Å². The molecule has 1 atom stereocenters. The van der Waals surface area contributed by atoms with Crippen molar-refractivity contribution in [3.63, 3.8) is 0 Å². The molecule has 0 aliphatic carbocycles. The molecule has 0 radical (unpaired) electrons. The molecule has 33 heavy (non-hydrogen) atoms. The molecule has 7 nitrogen and oxygen atoms in total. The highest BCUT2D eigenvalue weighted by atomic mass is 127. The highest BCUT2D eigenvalue weighted by Gasteiger charge is 2.11. The summed E-state index contributed by atoms with van der Waals surface area (Å²) < 4.78 is 10.9. The Balaban J connectivity index is 0.00000385. The number of nitrogens with zero attached hydrogens (tertiary/aromatic N) is 2. The van der Waals surface area contributed by atoms with Crippen LogP contribution in [-0.4, -0.2) is 42.9 Å². The molecule has 3 rings (SSSR count). The quantitative estimate of drug-likeness (QED) is 0.194. The highest BCUT2D eigenvalue weighted by Crippen LogP contribution is 2.22. The summed E-state index contributed by atoms with van der Waals surface area (Å²) in [5.74, 6) is 2.68. The molecule has 1 unspecified atom stereocenters. The summed E-state index contributed by atoms with van der Waals surface area (Å²) in [7, 11) is 1.63. The maximum atomic E-state index is 9.76. The molecule has 8 heteroatoms. The van der Waals surface area contributed by atoms with Crippen molar-refractivity contribution < 1.29 is 14.6 Å². The first-order chi connectivity index (χ1) is 15.7. The van der Waals surface area contributed by atoms with E-state index in [9.17, 15) is 5.11 Å². The molecule has 176 valence electrons. The Morgan fingerprint density at radius 2 is 1.73 bits per heavy atom. The number of hydrogen-bond donors (Lipinski definition) is 3. The first kappa shape index (κ1) is 26.4. The second-order valence-corrected chi connectivity index (χ2v) is 7.15. The number of aromatic nitrogens is 1. The van der Waals surface area contributed by atoms with Gasteiger partial charge in [0.2, 0.25) is 5.88 Å². The fraction of sp³-hybridized carbons (Fsp3) is 0.280. The number of hydrogen-bond acceptors (Lipinski definition) is 5. The number of aliphatic hydroxyl groups excluding tert-OH is 1. The zero-order valence-corrected chi connectivity index (χ0v) is 21.2. The van der Waals surface area contributed by atoms with Gasteiger partial charge in [-0.05, 0) is 42.3 Å². The van der Waals surface area contributed by atoms with Crippen LogP contribution in [0.2, 0.25) is 0 Å². The number of aliphatic imine (C=N–C) groups is 1. The monoisotopic (exact) mass is 562 g/mol. The van der Waals surface area contributed by atoms with Crippen molar-refractivity contribution in [3.05, 3.63) is 84.1 Å². The molecule has 0 fully saturated rings. The van der Waals surface area contributed by atoms with Gasteiger partial charge in [0.25, 0.3) is 0 Å². The van der Waals surface area contributed by atoms with Crippen LogP contribution < -0.4 is 20.1 Å². The van der Waals surface area contributed by atoms with E-state index in [-0.39, 0.29) is 36.5 Å². The van der Waals surface area contributed by atoms with Crippen molar-refractivity contribution in [1.82, 2.24) is 15.6 Å². The van der Waals surface area contributed by atoms with Gasteiger partial charge in [0, 0.05) is 31.3 Å². The van der Waals surface area contributed by atoms with Crippen LogP contribution in [0.25, 0.3) is 0 Å². The summed E-state index contributed by atoms with van der Waals surface area (Å²) in [5.41, 5.74) is 2.06. The first-order valence-corrected chi connectivity index (χ1v) is 10.7. The minimum absolute atomic E-state index is 0. The summed E-state index contributed by atoms with van der Waals surface area (Å²) in [5, 5.41) is 16.3. The Labute approximate surface area is 212 Å². The number of guanidine groups is 1. The third-order valence-corrected chi connectivity index (χ3v) is 4.85. The summed E-state index contributed by atoms with van der Waals surface area (Å²) in [6.45, 7) is 3.88. The Kier molecular flexibility index (Phi) is 11.5. The Morgan fingerprint density at radius 3 is 2.33 bits per heavy atom. The average Bonchev–Trinajstić information content (AvgIpc) is 2.85. The van der Waals surface area contributed by atoms with E-state index in [1.54, 1.807) is 13.3 Å². The molecule has 3 aromatic rings. The molecule has 0 saturated heterocycles. The van der Waals surface area contributed by atoms with Gasteiger partial charge in [0.15, 0.2) is 5.96 Å². The summed E-state index contributed by atoms with van der Waals surface area (Å²) in [6, 6.07) is 21.1. The van der Waals surface area contributed by atoms with Crippen LogP contribution in [0.4, 0.5) is 0 Å². The second-order valence-electron chi connectivity index (χ2n) is 7.15. The van der Waals surface area contributed by atoms with Crippen molar-refractivity contribution in [1.29, 1.82) is 0 Å². The Hall–Kier alpha value is -2.85. The van der Waals surface area contributed by atoms with Gasteiger partial charge in [0.1, 0.15) is 11.5 Å². The number of methoxy groups -OCH3 is 1. The molecule has 2 aromatic carbocycles. The fourth-order valence-electron chi connectivity index (χ4n) is 3.07. The third-order valence-electron chi connectivity index (χ3n) is 4.85. The summed E-state index contributed by atoms with van der Waals surface area (Å²) in [6.07, 6.45) is 1.76. The predicted molar refractivity (Wildman–Crippen MR) is 142 cm³/mol. The fourth-order valence-corrected chi connectivity index (χ4v) is 3.07. The molecule has 0 aliphatic heterocycles. The summed E-state index contributed by atoms with van der Waals surface area (Å²) in [4.78, 5) is 9.01. The van der Waals surface area contributed by atoms with Crippen LogP contribution in [0.5, 0.6) is 17.4 Å². The molecule has 0 amide bonds. The van der Waals surface area contributed by atoms with E-state index in [0.29, 0.717) is 30.7 Å². The smallest absolute Gasteiger partial charge is 0.219 e. The van der Waals surface area contributed by atoms with Gasteiger partial charge in [-0.1, -0.05) is 36.4 Å². The number of halogens is 1. The molecular weight excluding hydrogens is 531 g/mol. The zero-order chi connectivity index (χ0) is 22.6. The van der Waals surface area contributed by atoms with Gasteiger partial charge in [-0.3, -0.25) is 0 Å². The Morgan fingerprint density at radius 1 is 1.00 bits per heavy atom. The van der Waals surface area contributed by atoms with E-state index in [0.717, 1.165) is 23.4 Å². The second kappa shape index (κ2) is 14.3. The van der Waals surface area contributed by atoms with Crippen LogP contribution in [0, 0.1) is 0 Å². The number of aliphatic hydroxyl groups is 1. The van der Waals surface area contributed by atoms with Crippen LogP contribution in [-0.2, 0) is 6.54 Å². The molecule has 3 N–H and O–H groups in total. The van der Waals surface area contributed by atoms with E-state index in [1.165, 1.54) is 0 Å². The lowest BCUT2D eigenvalue weighted by atomic mass is 10.0. The first-order valence-electron chi connectivity index (χ1n) is 10.7. The largest absolute Gasteiger partial charge is 0.497 e. The topological polar surface area (TPSA) is 88.0 Å². The molecular formula is C25H31IN4O3.